The van der Waals surface area contributed by atoms with Gasteiger partial charge in [0.1, 0.15) is 6.07 Å². The van der Waals surface area contributed by atoms with Gasteiger partial charge in [-0.15, -0.1) is 0 Å². The van der Waals surface area contributed by atoms with Gasteiger partial charge in [0.25, 0.3) is 0 Å². The lowest BCUT2D eigenvalue weighted by Crippen LogP contribution is -2.21. The number of ketones is 1. The maximum Gasteiger partial charge on any atom is 0.178 e. The van der Waals surface area contributed by atoms with E-state index in [1.165, 1.54) is 0 Å². The highest BCUT2D eigenvalue weighted by atomic mass is 16.1. The second kappa shape index (κ2) is 4.23. The smallest absolute Gasteiger partial charge is 0.178 e. The number of hydrogen-bond donors (Lipinski definition) is 0. The molecule has 0 amide bonds. The minimum Gasteiger partial charge on any atom is -0.293 e. The molecule has 0 N–H and O–H groups in total. The van der Waals surface area contributed by atoms with Gasteiger partial charge in [0.15, 0.2) is 5.78 Å². The van der Waals surface area contributed by atoms with Crippen LogP contribution in [0.15, 0.2) is 11.6 Å². The maximum atomic E-state index is 11.6. The number of allylic oxidation sites excluding steroid dienone is 2. The van der Waals surface area contributed by atoms with Crippen molar-refractivity contribution in [1.29, 1.82) is 5.26 Å². The quantitative estimate of drug-likeness (QED) is 0.483. The molecule has 72 valence electrons. The maximum absolute atomic E-state index is 11.6. The monoisotopic (exact) mass is 179 g/mol. The minimum absolute atomic E-state index is 0.0799. The first-order chi connectivity index (χ1) is 5.79. The van der Waals surface area contributed by atoms with Gasteiger partial charge in [0, 0.05) is 5.41 Å². The highest BCUT2D eigenvalue weighted by Gasteiger charge is 2.24. The van der Waals surface area contributed by atoms with Crippen molar-refractivity contribution in [1.82, 2.24) is 0 Å². The van der Waals surface area contributed by atoms with E-state index in [2.05, 4.69) is 0 Å². The number of carbonyl (C=O) groups excluding carboxylic acids is 1. The Morgan fingerprint density at radius 3 is 2.08 bits per heavy atom. The summed E-state index contributed by atoms with van der Waals surface area (Å²) in [5, 5.41) is 8.77. The summed E-state index contributed by atoms with van der Waals surface area (Å²) in [4.78, 5) is 11.6. The standard InChI is InChI=1S/C11H17NO/c1-8(2)6-9(7-12)10(13)11(3,4)5/h6,8H,1-5H3. The zero-order chi connectivity index (χ0) is 10.6. The fourth-order valence-electron chi connectivity index (χ4n) is 0.901. The van der Waals surface area contributed by atoms with Gasteiger partial charge in [-0.3, -0.25) is 4.79 Å². The molecule has 0 unspecified atom stereocenters. The Morgan fingerprint density at radius 1 is 1.38 bits per heavy atom. The third-order valence-corrected chi connectivity index (χ3v) is 1.55. The minimum atomic E-state index is -0.462. The second-order valence-corrected chi connectivity index (χ2v) is 4.52. The van der Waals surface area contributed by atoms with Crippen LogP contribution in [0.2, 0.25) is 0 Å². The Morgan fingerprint density at radius 2 is 1.85 bits per heavy atom. The average Bonchev–Trinajstić information content (AvgIpc) is 1.96. The average molecular weight is 179 g/mol. The molecule has 0 saturated carbocycles. The van der Waals surface area contributed by atoms with Crippen molar-refractivity contribution in [3.05, 3.63) is 11.6 Å². The number of hydrogen-bond acceptors (Lipinski definition) is 2. The molecule has 0 aromatic heterocycles. The third kappa shape index (κ3) is 3.89. The van der Waals surface area contributed by atoms with Crippen LogP contribution in [-0.2, 0) is 4.79 Å². The number of nitrogens with zero attached hydrogens (tertiary/aromatic N) is 1. The zero-order valence-electron chi connectivity index (χ0n) is 9.01. The van der Waals surface area contributed by atoms with Gasteiger partial charge in [0.05, 0.1) is 5.57 Å². The molecule has 0 bridgehead atoms. The molecule has 0 aromatic rings. The van der Waals surface area contributed by atoms with E-state index in [1.54, 1.807) is 6.08 Å². The molecular weight excluding hydrogens is 162 g/mol. The predicted molar refractivity (Wildman–Crippen MR) is 53.0 cm³/mol. The summed E-state index contributed by atoms with van der Waals surface area (Å²) in [5.41, 5.74) is -0.182. The van der Waals surface area contributed by atoms with Crippen molar-refractivity contribution < 1.29 is 4.79 Å². The van der Waals surface area contributed by atoms with Crippen molar-refractivity contribution in [2.75, 3.05) is 0 Å². The summed E-state index contributed by atoms with van der Waals surface area (Å²) in [7, 11) is 0. The largest absolute Gasteiger partial charge is 0.293 e. The zero-order valence-corrected chi connectivity index (χ0v) is 9.01. The van der Waals surface area contributed by atoms with E-state index in [9.17, 15) is 4.79 Å². The fraction of sp³-hybridized carbons (Fsp3) is 0.636. The first kappa shape index (κ1) is 11.9. The first-order valence-electron chi connectivity index (χ1n) is 4.45. The van der Waals surface area contributed by atoms with Crippen molar-refractivity contribution in [3.8, 4) is 6.07 Å². The fourth-order valence-corrected chi connectivity index (χ4v) is 0.901. The Kier molecular flexibility index (Phi) is 3.87. The van der Waals surface area contributed by atoms with Crippen LogP contribution >= 0.6 is 0 Å². The van der Waals surface area contributed by atoms with Gasteiger partial charge in [-0.25, -0.2) is 0 Å². The highest BCUT2D eigenvalue weighted by Crippen LogP contribution is 2.20. The van der Waals surface area contributed by atoms with Crippen LogP contribution in [0.25, 0.3) is 0 Å². The van der Waals surface area contributed by atoms with Gasteiger partial charge in [-0.2, -0.15) is 5.26 Å². The number of carbonyl (C=O) groups is 1. The molecule has 0 aliphatic rings. The highest BCUT2D eigenvalue weighted by molar-refractivity contribution is 6.02. The number of Topliss-reactive ketones (excluding diaryl/α,β-unsaturated/α-hetero) is 1. The molecule has 0 atom stereocenters. The Balaban J connectivity index is 4.85. The van der Waals surface area contributed by atoms with E-state index in [4.69, 9.17) is 5.26 Å². The van der Waals surface area contributed by atoms with Crippen LogP contribution in [0.3, 0.4) is 0 Å². The third-order valence-electron chi connectivity index (χ3n) is 1.55. The first-order valence-corrected chi connectivity index (χ1v) is 4.45. The lowest BCUT2D eigenvalue weighted by atomic mass is 9.86. The molecule has 0 aliphatic heterocycles. The Labute approximate surface area is 80.3 Å². The molecule has 0 radical (unpaired) electrons. The van der Waals surface area contributed by atoms with Crippen LogP contribution in [0.5, 0.6) is 0 Å². The van der Waals surface area contributed by atoms with Crippen molar-refractivity contribution in [2.24, 2.45) is 11.3 Å². The van der Waals surface area contributed by atoms with Crippen molar-refractivity contribution in [3.63, 3.8) is 0 Å². The van der Waals surface area contributed by atoms with Gasteiger partial charge in [-0.1, -0.05) is 40.7 Å². The van der Waals surface area contributed by atoms with Crippen molar-refractivity contribution >= 4 is 5.78 Å². The molecule has 2 nitrogen and oxygen atoms in total. The molecule has 2 heteroatoms. The SMILES string of the molecule is CC(C)C=C(C#N)C(=O)C(C)(C)C. The summed E-state index contributed by atoms with van der Waals surface area (Å²) >= 11 is 0. The Hall–Kier alpha value is -1.10. The molecule has 0 aliphatic carbocycles. The summed E-state index contributed by atoms with van der Waals surface area (Å²) in [6.45, 7) is 9.36. The summed E-state index contributed by atoms with van der Waals surface area (Å²) in [6.07, 6.45) is 1.72. The van der Waals surface area contributed by atoms with E-state index in [-0.39, 0.29) is 17.3 Å². The lowest BCUT2D eigenvalue weighted by Gasteiger charge is -2.15. The summed E-state index contributed by atoms with van der Waals surface area (Å²) in [6, 6.07) is 1.95. The molecule has 0 rings (SSSR count). The lowest BCUT2D eigenvalue weighted by molar-refractivity contribution is -0.122. The molecule has 0 saturated heterocycles. The predicted octanol–water partition coefficient (Wildman–Crippen LogP) is 2.71. The normalized spacial score (nSPS) is 12.8. The topological polar surface area (TPSA) is 40.9 Å². The Bertz CT molecular complexity index is 261. The van der Waals surface area contributed by atoms with E-state index in [0.717, 1.165) is 0 Å². The van der Waals surface area contributed by atoms with E-state index < -0.39 is 5.41 Å². The van der Waals surface area contributed by atoms with Crippen LogP contribution in [0, 0.1) is 22.7 Å². The van der Waals surface area contributed by atoms with Crippen LogP contribution < -0.4 is 0 Å². The number of rotatable bonds is 2. The van der Waals surface area contributed by atoms with Crippen molar-refractivity contribution in [2.45, 2.75) is 34.6 Å². The van der Waals surface area contributed by atoms with Crippen LogP contribution in [-0.4, -0.2) is 5.78 Å². The molecule has 0 heterocycles. The van der Waals surface area contributed by atoms with Gasteiger partial charge in [-0.05, 0) is 5.92 Å². The molecular formula is C11H17NO. The van der Waals surface area contributed by atoms with Crippen LogP contribution in [0.4, 0.5) is 0 Å². The van der Waals surface area contributed by atoms with Crippen LogP contribution in [0.1, 0.15) is 34.6 Å². The molecule has 0 fully saturated rings. The summed E-state index contributed by atoms with van der Waals surface area (Å²) in [5.74, 6) is 0.157. The van der Waals surface area contributed by atoms with E-state index in [1.807, 2.05) is 40.7 Å². The number of nitriles is 1. The molecule has 0 spiro atoms. The van der Waals surface area contributed by atoms with Gasteiger partial charge < -0.3 is 0 Å². The van der Waals surface area contributed by atoms with E-state index >= 15 is 0 Å². The van der Waals surface area contributed by atoms with Gasteiger partial charge >= 0.3 is 0 Å². The molecule has 0 aromatic carbocycles. The second-order valence-electron chi connectivity index (χ2n) is 4.52. The summed E-state index contributed by atoms with van der Waals surface area (Å²) < 4.78 is 0. The van der Waals surface area contributed by atoms with Gasteiger partial charge in [0.2, 0.25) is 0 Å². The van der Waals surface area contributed by atoms with E-state index in [0.29, 0.717) is 0 Å². The molecule has 13 heavy (non-hydrogen) atoms.